The molecule has 1 aliphatic heterocycles. The minimum absolute atomic E-state index is 0.0178. The van der Waals surface area contributed by atoms with Gasteiger partial charge in [-0.25, -0.2) is 9.18 Å². The first-order valence-corrected chi connectivity index (χ1v) is 8.52. The minimum atomic E-state index is -1.52. The number of benzene rings is 2. The van der Waals surface area contributed by atoms with Crippen molar-refractivity contribution in [1.29, 1.82) is 5.26 Å². The van der Waals surface area contributed by atoms with Crippen molar-refractivity contribution < 1.29 is 18.8 Å². The lowest BCUT2D eigenvalue weighted by Gasteiger charge is -2.23. The number of hydrogen-bond acceptors (Lipinski definition) is 4. The lowest BCUT2D eigenvalue weighted by Crippen LogP contribution is -2.42. The van der Waals surface area contributed by atoms with E-state index in [1.54, 1.807) is 18.2 Å². The summed E-state index contributed by atoms with van der Waals surface area (Å²) in [7, 11) is 0. The van der Waals surface area contributed by atoms with E-state index in [0.717, 1.165) is 17.0 Å². The highest BCUT2D eigenvalue weighted by molar-refractivity contribution is 6.32. The molecule has 2 aromatic carbocycles. The van der Waals surface area contributed by atoms with Crippen LogP contribution in [0.1, 0.15) is 18.1 Å². The fourth-order valence-electron chi connectivity index (χ4n) is 2.93. The van der Waals surface area contributed by atoms with Crippen LogP contribution in [0, 0.1) is 17.1 Å². The molecule has 7 nitrogen and oxygen atoms in total. The molecule has 0 aliphatic carbocycles. The summed E-state index contributed by atoms with van der Waals surface area (Å²) in [5.41, 5.74) is -0.589. The summed E-state index contributed by atoms with van der Waals surface area (Å²) in [5.74, 6) is -1.88. The number of carbonyl (C=O) groups is 3. The van der Waals surface area contributed by atoms with Crippen molar-refractivity contribution in [3.63, 3.8) is 0 Å². The van der Waals surface area contributed by atoms with Crippen LogP contribution in [0.2, 0.25) is 5.02 Å². The molecule has 1 unspecified atom stereocenters. The van der Waals surface area contributed by atoms with Gasteiger partial charge in [0.2, 0.25) is 5.91 Å². The van der Waals surface area contributed by atoms with Gasteiger partial charge in [-0.3, -0.25) is 14.5 Å². The van der Waals surface area contributed by atoms with Crippen LogP contribution < -0.4 is 10.6 Å². The van der Waals surface area contributed by atoms with Gasteiger partial charge < -0.3 is 10.6 Å². The van der Waals surface area contributed by atoms with Crippen molar-refractivity contribution in [3.05, 3.63) is 64.4 Å². The molecular formula is C19H14ClFN4O3. The highest BCUT2D eigenvalue weighted by Crippen LogP contribution is 2.33. The zero-order valence-corrected chi connectivity index (χ0v) is 15.4. The summed E-state index contributed by atoms with van der Waals surface area (Å²) < 4.78 is 13.3. The molecule has 1 fully saturated rings. The second kappa shape index (κ2) is 7.29. The quantitative estimate of drug-likeness (QED) is 0.770. The number of halogens is 2. The van der Waals surface area contributed by atoms with E-state index in [9.17, 15) is 18.8 Å². The Kier molecular flexibility index (Phi) is 5.03. The molecular weight excluding hydrogens is 387 g/mol. The largest absolute Gasteiger partial charge is 0.325 e. The number of nitrogens with one attached hydrogen (secondary N) is 2. The number of carbonyl (C=O) groups excluding carboxylic acids is 3. The Hall–Kier alpha value is -3.44. The molecule has 1 aliphatic rings. The summed E-state index contributed by atoms with van der Waals surface area (Å²) in [5, 5.41) is 13.9. The second-order valence-electron chi connectivity index (χ2n) is 6.31. The minimum Gasteiger partial charge on any atom is -0.324 e. The average molecular weight is 401 g/mol. The smallest absolute Gasteiger partial charge is 0.324 e. The predicted octanol–water partition coefficient (Wildman–Crippen LogP) is 2.76. The molecule has 28 heavy (non-hydrogen) atoms. The molecule has 0 saturated carbocycles. The molecule has 0 aromatic heterocycles. The first kappa shape index (κ1) is 19.3. The first-order valence-electron chi connectivity index (χ1n) is 8.14. The maximum absolute atomic E-state index is 13.3. The van der Waals surface area contributed by atoms with E-state index in [-0.39, 0.29) is 10.6 Å². The van der Waals surface area contributed by atoms with Crippen molar-refractivity contribution in [2.75, 3.05) is 11.9 Å². The molecule has 0 spiro atoms. The Morgan fingerprint density at radius 2 is 2.07 bits per heavy atom. The van der Waals surface area contributed by atoms with Gasteiger partial charge in [-0.1, -0.05) is 23.7 Å². The van der Waals surface area contributed by atoms with Gasteiger partial charge in [0.15, 0.2) is 0 Å². The fourth-order valence-corrected chi connectivity index (χ4v) is 3.28. The molecule has 3 rings (SSSR count). The topological polar surface area (TPSA) is 102 Å². The molecule has 1 saturated heterocycles. The molecule has 1 atom stereocenters. The summed E-state index contributed by atoms with van der Waals surface area (Å²) in [6.07, 6.45) is 0. The van der Waals surface area contributed by atoms with E-state index in [2.05, 4.69) is 10.6 Å². The number of nitriles is 1. The lowest BCUT2D eigenvalue weighted by atomic mass is 9.92. The Morgan fingerprint density at radius 3 is 2.75 bits per heavy atom. The molecule has 2 N–H and O–H groups in total. The molecule has 0 bridgehead atoms. The van der Waals surface area contributed by atoms with Crippen LogP contribution in [0.25, 0.3) is 0 Å². The van der Waals surface area contributed by atoms with Crippen molar-refractivity contribution in [1.82, 2.24) is 10.2 Å². The van der Waals surface area contributed by atoms with Crippen LogP contribution in [0.15, 0.2) is 42.5 Å². The van der Waals surface area contributed by atoms with Gasteiger partial charge in [0.25, 0.3) is 5.91 Å². The van der Waals surface area contributed by atoms with E-state index in [0.29, 0.717) is 11.3 Å². The lowest BCUT2D eigenvalue weighted by molar-refractivity contribution is -0.133. The zero-order valence-electron chi connectivity index (χ0n) is 14.6. The Labute approximate surface area is 164 Å². The van der Waals surface area contributed by atoms with Crippen LogP contribution in [-0.4, -0.2) is 29.3 Å². The predicted molar refractivity (Wildman–Crippen MR) is 98.8 cm³/mol. The third kappa shape index (κ3) is 3.52. The van der Waals surface area contributed by atoms with Gasteiger partial charge in [0, 0.05) is 16.3 Å². The molecule has 2 aromatic rings. The van der Waals surface area contributed by atoms with Gasteiger partial charge in [-0.05, 0) is 37.3 Å². The molecule has 0 radical (unpaired) electrons. The van der Waals surface area contributed by atoms with E-state index in [1.807, 2.05) is 6.07 Å². The van der Waals surface area contributed by atoms with Gasteiger partial charge in [-0.2, -0.15) is 5.26 Å². The van der Waals surface area contributed by atoms with Crippen molar-refractivity contribution in [2.45, 2.75) is 12.5 Å². The molecule has 9 heteroatoms. The highest BCUT2D eigenvalue weighted by Gasteiger charge is 2.50. The summed E-state index contributed by atoms with van der Waals surface area (Å²) in [6, 6.07) is 10.9. The van der Waals surface area contributed by atoms with Gasteiger partial charge in [-0.15, -0.1) is 0 Å². The number of amides is 4. The van der Waals surface area contributed by atoms with Gasteiger partial charge >= 0.3 is 6.03 Å². The standard InChI is InChI=1S/C19H14ClFN4O3/c1-19(14-6-5-12(21)8-15(14)20)17(27)25(18(28)24-19)10-16(26)23-13-4-2-3-11(7-13)9-22/h2-8H,10H2,1H3,(H,23,26)(H,24,28). The van der Waals surface area contributed by atoms with Crippen molar-refractivity contribution >= 4 is 35.1 Å². The third-order valence-electron chi connectivity index (χ3n) is 4.32. The number of rotatable bonds is 4. The summed E-state index contributed by atoms with van der Waals surface area (Å²) in [6.45, 7) is 0.899. The number of hydrogen-bond donors (Lipinski definition) is 2. The third-order valence-corrected chi connectivity index (χ3v) is 4.63. The van der Waals surface area contributed by atoms with Crippen molar-refractivity contribution in [3.8, 4) is 6.07 Å². The van der Waals surface area contributed by atoms with Crippen LogP contribution in [0.4, 0.5) is 14.9 Å². The van der Waals surface area contributed by atoms with Crippen LogP contribution in [0.3, 0.4) is 0 Å². The van der Waals surface area contributed by atoms with Crippen LogP contribution in [0.5, 0.6) is 0 Å². The number of nitrogens with zero attached hydrogens (tertiary/aromatic N) is 2. The number of imide groups is 1. The van der Waals surface area contributed by atoms with Crippen LogP contribution >= 0.6 is 11.6 Å². The van der Waals surface area contributed by atoms with E-state index in [1.165, 1.54) is 19.1 Å². The van der Waals surface area contributed by atoms with Crippen molar-refractivity contribution in [2.24, 2.45) is 0 Å². The molecule has 4 amide bonds. The summed E-state index contributed by atoms with van der Waals surface area (Å²) in [4.78, 5) is 38.2. The SMILES string of the molecule is CC1(c2ccc(F)cc2Cl)NC(=O)N(CC(=O)Nc2cccc(C#N)c2)C1=O. The second-order valence-corrected chi connectivity index (χ2v) is 6.72. The average Bonchev–Trinajstić information content (AvgIpc) is 2.85. The molecule has 1 heterocycles. The van der Waals surface area contributed by atoms with Gasteiger partial charge in [0.1, 0.15) is 17.9 Å². The summed E-state index contributed by atoms with van der Waals surface area (Å²) >= 11 is 6.03. The fraction of sp³-hybridized carbons (Fsp3) is 0.158. The Balaban J connectivity index is 1.78. The number of anilines is 1. The maximum atomic E-state index is 13.3. The van der Waals surface area contributed by atoms with Gasteiger partial charge in [0.05, 0.1) is 11.6 Å². The Bertz CT molecular complexity index is 1040. The molecule has 142 valence electrons. The van der Waals surface area contributed by atoms with E-state index >= 15 is 0 Å². The highest BCUT2D eigenvalue weighted by atomic mass is 35.5. The van der Waals surface area contributed by atoms with Crippen LogP contribution in [-0.2, 0) is 15.1 Å². The maximum Gasteiger partial charge on any atom is 0.325 e. The normalized spacial score (nSPS) is 18.6. The Morgan fingerprint density at radius 1 is 1.32 bits per heavy atom. The zero-order chi connectivity index (χ0) is 20.5. The monoisotopic (exact) mass is 400 g/mol. The number of urea groups is 1. The first-order chi connectivity index (χ1) is 13.2. The van der Waals surface area contributed by atoms with E-state index < -0.39 is 35.7 Å². The van der Waals surface area contributed by atoms with E-state index in [4.69, 9.17) is 16.9 Å².